The zero-order valence-electron chi connectivity index (χ0n) is 20.0. The van der Waals surface area contributed by atoms with E-state index in [4.69, 9.17) is 4.74 Å². The van der Waals surface area contributed by atoms with E-state index in [-0.39, 0.29) is 17.6 Å². The van der Waals surface area contributed by atoms with Crippen LogP contribution in [0.2, 0.25) is 0 Å². The molecule has 0 spiro atoms. The summed E-state index contributed by atoms with van der Waals surface area (Å²) in [6.45, 7) is 7.25. The van der Waals surface area contributed by atoms with E-state index in [0.29, 0.717) is 6.61 Å². The third kappa shape index (κ3) is 4.91. The number of piperazine rings is 1. The predicted octanol–water partition coefficient (Wildman–Crippen LogP) is 4.43. The summed E-state index contributed by atoms with van der Waals surface area (Å²) in [5.41, 5.74) is 5.01. The Balaban J connectivity index is 1.36. The maximum Gasteiger partial charge on any atom is 0.126 e. The molecule has 5 heteroatoms. The Morgan fingerprint density at radius 3 is 2.41 bits per heavy atom. The summed E-state index contributed by atoms with van der Waals surface area (Å²) in [7, 11) is 2.02. The number of phenolic OH excluding ortho intramolecular Hbond substituents is 1. The molecule has 0 amide bonds. The minimum absolute atomic E-state index is 0.185. The quantitative estimate of drug-likeness (QED) is 0.514. The van der Waals surface area contributed by atoms with Crippen LogP contribution in [0.4, 0.5) is 5.69 Å². The Hall–Kier alpha value is -3.02. The van der Waals surface area contributed by atoms with Crippen LogP contribution in [0.1, 0.15) is 34.9 Å². The van der Waals surface area contributed by atoms with E-state index in [1.54, 1.807) is 12.1 Å². The van der Waals surface area contributed by atoms with E-state index in [0.717, 1.165) is 44.0 Å². The van der Waals surface area contributed by atoms with Crippen molar-refractivity contribution in [3.8, 4) is 11.5 Å². The van der Waals surface area contributed by atoms with E-state index < -0.39 is 0 Å². The average molecular weight is 458 g/mol. The van der Waals surface area contributed by atoms with Crippen LogP contribution in [-0.2, 0) is 0 Å². The number of hydrogen-bond acceptors (Lipinski definition) is 5. The molecule has 2 atom stereocenters. The molecule has 2 aliphatic heterocycles. The number of hydrogen-bond donors (Lipinski definition) is 2. The molecular weight excluding hydrogens is 422 g/mol. The molecule has 0 aliphatic carbocycles. The van der Waals surface area contributed by atoms with Gasteiger partial charge in [0.1, 0.15) is 11.5 Å². The van der Waals surface area contributed by atoms with Gasteiger partial charge >= 0.3 is 0 Å². The third-order valence-electron chi connectivity index (χ3n) is 7.27. The van der Waals surface area contributed by atoms with Crippen LogP contribution < -0.4 is 15.0 Å². The lowest BCUT2D eigenvalue weighted by molar-refractivity contribution is 0.247. The first-order valence-corrected chi connectivity index (χ1v) is 12.5. The molecule has 178 valence electrons. The zero-order valence-corrected chi connectivity index (χ0v) is 20.0. The van der Waals surface area contributed by atoms with Gasteiger partial charge < -0.3 is 20.1 Å². The van der Waals surface area contributed by atoms with Gasteiger partial charge in [0.05, 0.1) is 6.61 Å². The van der Waals surface area contributed by atoms with Gasteiger partial charge in [-0.15, -0.1) is 0 Å². The molecule has 5 nitrogen and oxygen atoms in total. The minimum Gasteiger partial charge on any atom is -0.508 e. The second kappa shape index (κ2) is 10.5. The lowest BCUT2D eigenvalue weighted by Crippen LogP contribution is -2.46. The molecule has 0 bridgehead atoms. The highest BCUT2D eigenvalue weighted by Crippen LogP contribution is 2.47. The Labute approximate surface area is 203 Å². The number of aromatic hydroxyl groups is 1. The second-order valence-electron chi connectivity index (χ2n) is 9.41. The molecule has 2 N–H and O–H groups in total. The molecule has 0 saturated carbocycles. The summed E-state index contributed by atoms with van der Waals surface area (Å²) in [5.74, 6) is 1.45. The van der Waals surface area contributed by atoms with Gasteiger partial charge in [-0.25, -0.2) is 0 Å². The molecular formula is C29H35N3O2. The number of rotatable bonds is 7. The van der Waals surface area contributed by atoms with Gasteiger partial charge in [0.25, 0.3) is 0 Å². The molecule has 1 saturated heterocycles. The van der Waals surface area contributed by atoms with Crippen LogP contribution >= 0.6 is 0 Å². The Kier molecular flexibility index (Phi) is 7.02. The van der Waals surface area contributed by atoms with Crippen LogP contribution in [0.3, 0.4) is 0 Å². The fourth-order valence-corrected chi connectivity index (χ4v) is 5.40. The van der Waals surface area contributed by atoms with Gasteiger partial charge in [-0.05, 0) is 55.9 Å². The van der Waals surface area contributed by atoms with Crippen molar-refractivity contribution in [1.82, 2.24) is 10.2 Å². The maximum absolute atomic E-state index is 10.00. The van der Waals surface area contributed by atoms with Crippen LogP contribution in [0.15, 0.2) is 72.8 Å². The largest absolute Gasteiger partial charge is 0.508 e. The molecule has 2 heterocycles. The molecule has 5 rings (SSSR count). The topological polar surface area (TPSA) is 48.0 Å². The van der Waals surface area contributed by atoms with E-state index in [2.05, 4.69) is 69.7 Å². The Morgan fingerprint density at radius 1 is 0.912 bits per heavy atom. The molecule has 0 aromatic heterocycles. The SMILES string of the molecule is CNCCCN1CCN(c2ccc([C@@H]3c4ccc(O)cc4OC[C@@H]3c3ccccc3)cc2)CC1. The number of nitrogens with zero attached hydrogens (tertiary/aromatic N) is 2. The van der Waals surface area contributed by atoms with Crippen molar-refractivity contribution >= 4 is 5.69 Å². The van der Waals surface area contributed by atoms with Gasteiger partial charge in [-0.1, -0.05) is 48.5 Å². The molecule has 0 unspecified atom stereocenters. The highest BCUT2D eigenvalue weighted by molar-refractivity contribution is 5.54. The zero-order chi connectivity index (χ0) is 23.3. The van der Waals surface area contributed by atoms with Gasteiger partial charge in [0.2, 0.25) is 0 Å². The summed E-state index contributed by atoms with van der Waals surface area (Å²) in [5, 5.41) is 13.2. The van der Waals surface area contributed by atoms with Gasteiger partial charge in [-0.2, -0.15) is 0 Å². The molecule has 3 aromatic rings. The van der Waals surface area contributed by atoms with E-state index in [1.165, 1.54) is 29.8 Å². The van der Waals surface area contributed by atoms with Crippen LogP contribution in [-0.4, -0.2) is 62.9 Å². The lowest BCUT2D eigenvalue weighted by Gasteiger charge is -2.37. The van der Waals surface area contributed by atoms with Crippen LogP contribution in [0.5, 0.6) is 11.5 Å². The van der Waals surface area contributed by atoms with Crippen molar-refractivity contribution < 1.29 is 9.84 Å². The summed E-state index contributed by atoms with van der Waals surface area (Å²) in [4.78, 5) is 5.07. The minimum atomic E-state index is 0.185. The summed E-state index contributed by atoms with van der Waals surface area (Å²) < 4.78 is 6.11. The van der Waals surface area contributed by atoms with E-state index in [1.807, 2.05) is 13.1 Å². The molecule has 0 radical (unpaired) electrons. The Bertz CT molecular complexity index is 1060. The van der Waals surface area contributed by atoms with E-state index >= 15 is 0 Å². The number of anilines is 1. The van der Waals surface area contributed by atoms with Crippen molar-refractivity contribution in [2.45, 2.75) is 18.3 Å². The molecule has 1 fully saturated rings. The molecule has 2 aliphatic rings. The summed E-state index contributed by atoms with van der Waals surface area (Å²) in [6, 6.07) is 25.3. The smallest absolute Gasteiger partial charge is 0.126 e. The van der Waals surface area contributed by atoms with Gasteiger partial charge in [0.15, 0.2) is 0 Å². The average Bonchev–Trinajstić information content (AvgIpc) is 2.89. The molecule has 34 heavy (non-hydrogen) atoms. The third-order valence-corrected chi connectivity index (χ3v) is 7.27. The lowest BCUT2D eigenvalue weighted by atomic mass is 9.76. The first-order valence-electron chi connectivity index (χ1n) is 12.5. The summed E-state index contributed by atoms with van der Waals surface area (Å²) >= 11 is 0. The van der Waals surface area contributed by atoms with Crippen LogP contribution in [0, 0.1) is 0 Å². The highest BCUT2D eigenvalue weighted by atomic mass is 16.5. The standard InChI is InChI=1S/C29H35N3O2/c1-30-14-5-15-31-16-18-32(19-17-31)24-10-8-23(9-11-24)29-26-13-12-25(33)20-28(26)34-21-27(29)22-6-3-2-4-7-22/h2-4,6-13,20,27,29-30,33H,5,14-19,21H2,1H3/t27-,29-/m1/s1. The fraction of sp³-hybridized carbons (Fsp3) is 0.379. The van der Waals surface area contributed by atoms with Crippen LogP contribution in [0.25, 0.3) is 0 Å². The first-order chi connectivity index (χ1) is 16.7. The number of nitrogens with one attached hydrogen (secondary N) is 1. The van der Waals surface area contributed by atoms with Gasteiger partial charge in [0, 0.05) is 55.3 Å². The van der Waals surface area contributed by atoms with Crippen molar-refractivity contribution in [2.75, 3.05) is 57.8 Å². The normalized spacial score (nSPS) is 20.6. The number of benzene rings is 3. The van der Waals surface area contributed by atoms with E-state index in [9.17, 15) is 5.11 Å². The number of ether oxygens (including phenoxy) is 1. The first kappa shape index (κ1) is 22.8. The highest BCUT2D eigenvalue weighted by Gasteiger charge is 2.33. The van der Waals surface area contributed by atoms with Gasteiger partial charge in [-0.3, -0.25) is 4.90 Å². The molecule has 3 aromatic carbocycles. The van der Waals surface area contributed by atoms with Crippen molar-refractivity contribution in [3.05, 3.63) is 89.5 Å². The number of phenols is 1. The van der Waals surface area contributed by atoms with Crippen molar-refractivity contribution in [3.63, 3.8) is 0 Å². The second-order valence-corrected chi connectivity index (χ2v) is 9.41. The van der Waals surface area contributed by atoms with Crippen molar-refractivity contribution in [1.29, 1.82) is 0 Å². The fourth-order valence-electron chi connectivity index (χ4n) is 5.40. The number of fused-ring (bicyclic) bond motifs is 1. The Morgan fingerprint density at radius 2 is 1.68 bits per heavy atom. The summed E-state index contributed by atoms with van der Waals surface area (Å²) in [6.07, 6.45) is 1.21. The predicted molar refractivity (Wildman–Crippen MR) is 138 cm³/mol. The monoisotopic (exact) mass is 457 g/mol. The maximum atomic E-state index is 10.00. The van der Waals surface area contributed by atoms with Crippen molar-refractivity contribution in [2.24, 2.45) is 0 Å².